The first kappa shape index (κ1) is 18.1. The summed E-state index contributed by atoms with van der Waals surface area (Å²) in [5, 5.41) is 9.42. The summed E-state index contributed by atoms with van der Waals surface area (Å²) in [6, 6.07) is 3.07. The second-order valence-corrected chi connectivity index (χ2v) is 9.03. The summed E-state index contributed by atoms with van der Waals surface area (Å²) in [4.78, 5) is 0. The molecule has 2 atom stereocenters. The third-order valence-electron chi connectivity index (χ3n) is 3.51. The molecule has 0 amide bonds. The summed E-state index contributed by atoms with van der Waals surface area (Å²) in [7, 11) is -2.02. The van der Waals surface area contributed by atoms with E-state index in [1.807, 2.05) is 0 Å². The van der Waals surface area contributed by atoms with Gasteiger partial charge in [-0.25, -0.2) is 8.42 Å². The first-order valence-electron chi connectivity index (χ1n) is 6.94. The summed E-state index contributed by atoms with van der Waals surface area (Å²) < 4.78 is 37.9. The number of rotatable bonds is 7. The average molecular weight is 370 g/mol. The zero-order chi connectivity index (χ0) is 16.2. The number of aliphatic hydroxyl groups excluding tert-OH is 1. The Balaban J connectivity index is 2.11. The molecular weight excluding hydrogens is 350 g/mol. The van der Waals surface area contributed by atoms with Crippen LogP contribution in [0.15, 0.2) is 16.3 Å². The molecule has 1 fully saturated rings. The van der Waals surface area contributed by atoms with Gasteiger partial charge >= 0.3 is 0 Å². The number of halogens is 1. The molecule has 1 aromatic heterocycles. The molecule has 9 heteroatoms. The van der Waals surface area contributed by atoms with Crippen molar-refractivity contribution in [2.45, 2.75) is 16.7 Å². The van der Waals surface area contributed by atoms with Gasteiger partial charge in [-0.1, -0.05) is 11.6 Å². The van der Waals surface area contributed by atoms with Gasteiger partial charge < -0.3 is 14.6 Å². The van der Waals surface area contributed by atoms with Crippen LogP contribution in [0.25, 0.3) is 0 Å². The van der Waals surface area contributed by atoms with Gasteiger partial charge in [-0.05, 0) is 24.5 Å². The number of hydrogen-bond donors (Lipinski definition) is 1. The molecule has 1 aliphatic heterocycles. The SMILES string of the molecule is COCCOC1CC(CO)CN(S(=O)(=O)c2ccc(Cl)s2)C1. The first-order chi connectivity index (χ1) is 10.5. The molecule has 2 rings (SSSR count). The van der Waals surface area contributed by atoms with Crippen LogP contribution in [-0.4, -0.2) is 64.0 Å². The Morgan fingerprint density at radius 3 is 2.77 bits per heavy atom. The number of ether oxygens (including phenoxy) is 2. The van der Waals surface area contributed by atoms with Crippen molar-refractivity contribution >= 4 is 33.0 Å². The Hall–Kier alpha value is -0.220. The van der Waals surface area contributed by atoms with Gasteiger partial charge in [-0.3, -0.25) is 0 Å². The molecule has 6 nitrogen and oxygen atoms in total. The monoisotopic (exact) mass is 369 g/mol. The van der Waals surface area contributed by atoms with E-state index in [1.165, 1.54) is 10.4 Å². The van der Waals surface area contributed by atoms with Gasteiger partial charge in [-0.2, -0.15) is 4.31 Å². The van der Waals surface area contributed by atoms with Gasteiger partial charge in [0, 0.05) is 26.8 Å². The molecular formula is C13H20ClNO5S2. The lowest BCUT2D eigenvalue weighted by atomic mass is 9.98. The van der Waals surface area contributed by atoms with Crippen LogP contribution in [0.5, 0.6) is 0 Å². The highest BCUT2D eigenvalue weighted by molar-refractivity contribution is 7.91. The van der Waals surface area contributed by atoms with Crippen LogP contribution in [0.4, 0.5) is 0 Å². The van der Waals surface area contributed by atoms with E-state index in [1.54, 1.807) is 13.2 Å². The van der Waals surface area contributed by atoms with E-state index in [0.717, 1.165) is 11.3 Å². The summed E-state index contributed by atoms with van der Waals surface area (Å²) in [6.45, 7) is 1.35. The Kier molecular flexibility index (Phi) is 6.63. The van der Waals surface area contributed by atoms with Gasteiger partial charge in [0.1, 0.15) is 4.21 Å². The fourth-order valence-corrected chi connectivity index (χ4v) is 5.61. The Morgan fingerprint density at radius 1 is 1.41 bits per heavy atom. The van der Waals surface area contributed by atoms with Gasteiger partial charge in [-0.15, -0.1) is 11.3 Å². The molecule has 1 N–H and O–H groups in total. The number of hydrogen-bond acceptors (Lipinski definition) is 6. The van der Waals surface area contributed by atoms with Crippen LogP contribution in [-0.2, 0) is 19.5 Å². The molecule has 0 aliphatic carbocycles. The highest BCUT2D eigenvalue weighted by atomic mass is 35.5. The molecule has 0 aromatic carbocycles. The lowest BCUT2D eigenvalue weighted by Gasteiger charge is -2.35. The smallest absolute Gasteiger partial charge is 0.252 e. The minimum Gasteiger partial charge on any atom is -0.396 e. The van der Waals surface area contributed by atoms with Crippen molar-refractivity contribution in [2.24, 2.45) is 5.92 Å². The van der Waals surface area contributed by atoms with Crippen LogP contribution >= 0.6 is 22.9 Å². The minimum atomic E-state index is -3.60. The number of sulfonamides is 1. The molecule has 22 heavy (non-hydrogen) atoms. The van der Waals surface area contributed by atoms with E-state index in [4.69, 9.17) is 21.1 Å². The van der Waals surface area contributed by atoms with Crippen LogP contribution in [0.3, 0.4) is 0 Å². The van der Waals surface area contributed by atoms with Crippen molar-refractivity contribution in [3.05, 3.63) is 16.5 Å². The van der Waals surface area contributed by atoms with Crippen LogP contribution in [0, 0.1) is 5.92 Å². The Morgan fingerprint density at radius 2 is 2.18 bits per heavy atom. The van der Waals surface area contributed by atoms with Crippen molar-refractivity contribution in [2.75, 3.05) is 40.0 Å². The first-order valence-corrected chi connectivity index (χ1v) is 9.57. The largest absolute Gasteiger partial charge is 0.396 e. The molecule has 1 aromatic rings. The third-order valence-corrected chi connectivity index (χ3v) is 7.04. The number of piperidine rings is 1. The zero-order valence-electron chi connectivity index (χ0n) is 12.3. The fourth-order valence-electron chi connectivity index (χ4n) is 2.42. The molecule has 2 heterocycles. The van der Waals surface area contributed by atoms with Gasteiger partial charge in [0.25, 0.3) is 10.0 Å². The van der Waals surface area contributed by atoms with E-state index in [2.05, 4.69) is 0 Å². The number of aliphatic hydroxyl groups is 1. The molecule has 0 saturated carbocycles. The highest BCUT2D eigenvalue weighted by Gasteiger charge is 2.35. The molecule has 0 spiro atoms. The number of thiophene rings is 1. The van der Waals surface area contributed by atoms with Gasteiger partial charge in [0.15, 0.2) is 0 Å². The van der Waals surface area contributed by atoms with E-state index in [9.17, 15) is 13.5 Å². The molecule has 2 unspecified atom stereocenters. The molecule has 126 valence electrons. The number of nitrogens with zero attached hydrogens (tertiary/aromatic N) is 1. The van der Waals surface area contributed by atoms with Crippen molar-refractivity contribution in [3.8, 4) is 0 Å². The summed E-state index contributed by atoms with van der Waals surface area (Å²) in [6.07, 6.45) is 0.392. The van der Waals surface area contributed by atoms with Crippen LogP contribution in [0.1, 0.15) is 6.42 Å². The van der Waals surface area contributed by atoms with E-state index < -0.39 is 10.0 Å². The number of methoxy groups -OCH3 is 1. The predicted molar refractivity (Wildman–Crippen MR) is 84.9 cm³/mol. The van der Waals surface area contributed by atoms with E-state index >= 15 is 0 Å². The normalized spacial score (nSPS) is 23.8. The van der Waals surface area contributed by atoms with Crippen molar-refractivity contribution in [1.82, 2.24) is 4.31 Å². The van der Waals surface area contributed by atoms with Crippen molar-refractivity contribution in [1.29, 1.82) is 0 Å². The van der Waals surface area contributed by atoms with Crippen LogP contribution in [0.2, 0.25) is 4.34 Å². The lowest BCUT2D eigenvalue weighted by Crippen LogP contribution is -2.48. The Labute approximate surface area is 139 Å². The summed E-state index contributed by atoms with van der Waals surface area (Å²) in [5.41, 5.74) is 0. The Bertz CT molecular complexity index is 577. The minimum absolute atomic E-state index is 0.0681. The highest BCUT2D eigenvalue weighted by Crippen LogP contribution is 2.31. The third kappa shape index (κ3) is 4.41. The molecule has 1 saturated heterocycles. The second kappa shape index (κ2) is 8.05. The second-order valence-electron chi connectivity index (χ2n) is 5.15. The topological polar surface area (TPSA) is 76.1 Å². The van der Waals surface area contributed by atoms with E-state index in [-0.39, 0.29) is 29.4 Å². The maximum Gasteiger partial charge on any atom is 0.252 e. The van der Waals surface area contributed by atoms with Crippen LogP contribution < -0.4 is 0 Å². The quantitative estimate of drug-likeness (QED) is 0.736. The maximum atomic E-state index is 12.7. The van der Waals surface area contributed by atoms with Gasteiger partial charge in [0.05, 0.1) is 23.7 Å². The average Bonchev–Trinajstić information content (AvgIpc) is 2.94. The lowest BCUT2D eigenvalue weighted by molar-refractivity contribution is -0.0264. The van der Waals surface area contributed by atoms with Crippen molar-refractivity contribution in [3.63, 3.8) is 0 Å². The molecule has 1 aliphatic rings. The predicted octanol–water partition coefficient (Wildman–Crippen LogP) is 1.44. The zero-order valence-corrected chi connectivity index (χ0v) is 14.7. The van der Waals surface area contributed by atoms with Gasteiger partial charge in [0.2, 0.25) is 0 Å². The summed E-state index contributed by atoms with van der Waals surface area (Å²) >= 11 is 6.86. The van der Waals surface area contributed by atoms with E-state index in [0.29, 0.717) is 30.5 Å². The van der Waals surface area contributed by atoms with Crippen molar-refractivity contribution < 1.29 is 23.0 Å². The maximum absolute atomic E-state index is 12.7. The standard InChI is InChI=1S/C13H20ClNO5S2/c1-19-4-5-20-11-6-10(9-16)7-15(8-11)22(17,18)13-3-2-12(14)21-13/h2-3,10-11,16H,4-9H2,1H3. The molecule has 0 bridgehead atoms. The summed E-state index contributed by atoms with van der Waals surface area (Å²) in [5.74, 6) is -0.133. The fraction of sp³-hybridized carbons (Fsp3) is 0.692. The molecule has 0 radical (unpaired) electrons.